The van der Waals surface area contributed by atoms with Crippen LogP contribution in [0.25, 0.3) is 10.9 Å². The first-order valence-corrected chi connectivity index (χ1v) is 6.69. The Morgan fingerprint density at radius 2 is 2.05 bits per heavy atom. The Morgan fingerprint density at radius 1 is 1.35 bits per heavy atom. The third kappa shape index (κ3) is 3.33. The Morgan fingerprint density at radius 3 is 2.70 bits per heavy atom. The number of nitrogens with zero attached hydrogens (tertiary/aromatic N) is 2. The average Bonchev–Trinajstić information content (AvgIpc) is 2.36. The molecule has 0 bridgehead atoms. The van der Waals surface area contributed by atoms with E-state index in [1.807, 2.05) is 0 Å². The number of fused-ring (bicyclic) bond motifs is 1. The summed E-state index contributed by atoms with van der Waals surface area (Å²) in [5.41, 5.74) is 7.65. The van der Waals surface area contributed by atoms with E-state index in [1.165, 1.54) is 4.90 Å². The zero-order valence-corrected chi connectivity index (χ0v) is 12.3. The molecule has 2 N–H and O–H groups in total. The zero-order valence-electron chi connectivity index (χ0n) is 10.7. The van der Waals surface area contributed by atoms with E-state index in [0.717, 1.165) is 9.86 Å². The van der Waals surface area contributed by atoms with Gasteiger partial charge >= 0.3 is 6.18 Å². The summed E-state index contributed by atoms with van der Waals surface area (Å²) in [6, 6.07) is 5.17. The normalized spacial score (nSPS) is 11.8. The van der Waals surface area contributed by atoms with Crippen LogP contribution in [0, 0.1) is 0 Å². The molecule has 2 rings (SSSR count). The fourth-order valence-corrected chi connectivity index (χ4v) is 2.26. The van der Waals surface area contributed by atoms with Crippen molar-refractivity contribution >= 4 is 38.2 Å². The van der Waals surface area contributed by atoms with Gasteiger partial charge in [-0.25, -0.2) is 0 Å². The molecule has 0 spiro atoms. The highest BCUT2D eigenvalue weighted by molar-refractivity contribution is 9.10. The number of aromatic nitrogens is 1. The van der Waals surface area contributed by atoms with E-state index >= 15 is 0 Å². The van der Waals surface area contributed by atoms with Gasteiger partial charge in [-0.2, -0.15) is 13.2 Å². The van der Waals surface area contributed by atoms with Crippen LogP contribution in [0.5, 0.6) is 0 Å². The minimum absolute atomic E-state index is 0.125. The lowest BCUT2D eigenvalue weighted by Gasteiger charge is -2.21. The topological polar surface area (TPSA) is 42.1 Å². The number of nitrogens with two attached hydrogens (primary N) is 1. The molecule has 0 aliphatic heterocycles. The summed E-state index contributed by atoms with van der Waals surface area (Å²) < 4.78 is 37.7. The van der Waals surface area contributed by atoms with Crippen molar-refractivity contribution in [1.82, 2.24) is 4.98 Å². The summed E-state index contributed by atoms with van der Waals surface area (Å²) in [6.45, 7) is -0.125. The van der Waals surface area contributed by atoms with Crippen LogP contribution in [0.3, 0.4) is 0 Å². The summed E-state index contributed by atoms with van der Waals surface area (Å²) >= 11 is 3.30. The number of anilines is 2. The van der Waals surface area contributed by atoms with Gasteiger partial charge in [0.1, 0.15) is 0 Å². The lowest BCUT2D eigenvalue weighted by molar-refractivity contribution is -0.132. The van der Waals surface area contributed by atoms with Gasteiger partial charge in [0.15, 0.2) is 0 Å². The number of hydrogen-bond acceptors (Lipinski definition) is 3. The molecule has 3 nitrogen and oxygen atoms in total. The van der Waals surface area contributed by atoms with Crippen molar-refractivity contribution in [3.8, 4) is 0 Å². The smallest absolute Gasteiger partial charge is 0.390 e. The molecule has 0 fully saturated rings. The summed E-state index contributed by atoms with van der Waals surface area (Å²) in [4.78, 5) is 5.80. The second-order valence-electron chi connectivity index (χ2n) is 4.51. The van der Waals surface area contributed by atoms with Crippen LogP contribution in [0.15, 0.2) is 28.9 Å². The monoisotopic (exact) mass is 347 g/mol. The molecule has 7 heteroatoms. The van der Waals surface area contributed by atoms with Crippen molar-refractivity contribution in [2.45, 2.75) is 12.6 Å². The van der Waals surface area contributed by atoms with Gasteiger partial charge in [0.2, 0.25) is 0 Å². The summed E-state index contributed by atoms with van der Waals surface area (Å²) in [7, 11) is 1.61. The summed E-state index contributed by atoms with van der Waals surface area (Å²) in [5.74, 6) is 0. The molecule has 1 heterocycles. The maximum atomic E-state index is 12.3. The van der Waals surface area contributed by atoms with E-state index in [4.69, 9.17) is 5.73 Å². The van der Waals surface area contributed by atoms with Gasteiger partial charge in [0, 0.05) is 35.3 Å². The average molecular weight is 348 g/mol. The number of hydrogen-bond donors (Lipinski definition) is 1. The number of rotatable bonds is 3. The molecular weight excluding hydrogens is 335 g/mol. The molecular formula is C13H13BrF3N3. The molecule has 20 heavy (non-hydrogen) atoms. The van der Waals surface area contributed by atoms with E-state index in [9.17, 15) is 13.2 Å². The number of alkyl halides is 3. The van der Waals surface area contributed by atoms with Gasteiger partial charge in [-0.1, -0.05) is 0 Å². The van der Waals surface area contributed by atoms with E-state index in [0.29, 0.717) is 16.9 Å². The summed E-state index contributed by atoms with van der Waals surface area (Å²) in [5, 5.41) is 0.718. The highest BCUT2D eigenvalue weighted by Gasteiger charge is 2.27. The second kappa shape index (κ2) is 5.47. The fraction of sp³-hybridized carbons (Fsp3) is 0.308. The Balaban J connectivity index is 2.37. The molecule has 0 saturated carbocycles. The number of halogens is 4. The third-order valence-electron chi connectivity index (χ3n) is 2.97. The molecule has 0 amide bonds. The largest absolute Gasteiger partial charge is 0.398 e. The number of nitrogen functional groups attached to an aromatic ring is 1. The van der Waals surface area contributed by atoms with Crippen LogP contribution < -0.4 is 10.6 Å². The van der Waals surface area contributed by atoms with Gasteiger partial charge in [-0.15, -0.1) is 0 Å². The maximum absolute atomic E-state index is 12.3. The molecule has 0 atom stereocenters. The lowest BCUT2D eigenvalue weighted by atomic mass is 10.1. The van der Waals surface area contributed by atoms with Crippen LogP contribution in [0.1, 0.15) is 6.42 Å². The molecule has 1 aromatic heterocycles. The standard InChI is InChI=1S/C13H13BrF3N3/c1-20(5-4-13(15,16)17)11-3-2-10(18)9-6-8(14)7-19-12(9)11/h2-3,6-7H,4-5,18H2,1H3. The van der Waals surface area contributed by atoms with Crippen molar-refractivity contribution in [2.75, 3.05) is 24.2 Å². The first-order valence-electron chi connectivity index (χ1n) is 5.89. The van der Waals surface area contributed by atoms with Gasteiger partial charge in [0.25, 0.3) is 0 Å². The molecule has 108 valence electrons. The first kappa shape index (κ1) is 14.9. The second-order valence-corrected chi connectivity index (χ2v) is 5.43. The Kier molecular flexibility index (Phi) is 4.08. The molecule has 0 radical (unpaired) electrons. The van der Waals surface area contributed by atoms with Crippen molar-refractivity contribution in [3.05, 3.63) is 28.9 Å². The quantitative estimate of drug-likeness (QED) is 0.854. The number of pyridine rings is 1. The van der Waals surface area contributed by atoms with E-state index < -0.39 is 12.6 Å². The van der Waals surface area contributed by atoms with Crippen LogP contribution in [-0.4, -0.2) is 24.8 Å². The SMILES string of the molecule is CN(CCC(F)(F)F)c1ccc(N)c2cc(Br)cnc12. The van der Waals surface area contributed by atoms with E-state index in [1.54, 1.807) is 31.4 Å². The first-order chi connectivity index (χ1) is 9.28. The van der Waals surface area contributed by atoms with Crippen molar-refractivity contribution < 1.29 is 13.2 Å². The third-order valence-corrected chi connectivity index (χ3v) is 3.40. The minimum atomic E-state index is -4.17. The highest BCUT2D eigenvalue weighted by Crippen LogP contribution is 2.31. The Labute approximate surface area is 122 Å². The van der Waals surface area contributed by atoms with Crippen molar-refractivity contribution in [1.29, 1.82) is 0 Å². The van der Waals surface area contributed by atoms with E-state index in [-0.39, 0.29) is 6.54 Å². The van der Waals surface area contributed by atoms with E-state index in [2.05, 4.69) is 20.9 Å². The number of benzene rings is 1. The van der Waals surface area contributed by atoms with Crippen molar-refractivity contribution in [3.63, 3.8) is 0 Å². The van der Waals surface area contributed by atoms with Crippen LogP contribution in [0.2, 0.25) is 0 Å². The Hall–Kier alpha value is -1.50. The molecule has 0 aliphatic rings. The van der Waals surface area contributed by atoms with Gasteiger partial charge in [0.05, 0.1) is 17.6 Å². The fourth-order valence-electron chi connectivity index (χ4n) is 1.92. The molecule has 1 aromatic carbocycles. The highest BCUT2D eigenvalue weighted by atomic mass is 79.9. The van der Waals surface area contributed by atoms with Gasteiger partial charge in [-0.05, 0) is 34.1 Å². The minimum Gasteiger partial charge on any atom is -0.398 e. The van der Waals surface area contributed by atoms with Crippen LogP contribution >= 0.6 is 15.9 Å². The maximum Gasteiger partial charge on any atom is 0.390 e. The van der Waals surface area contributed by atoms with Crippen molar-refractivity contribution in [2.24, 2.45) is 0 Å². The molecule has 0 aliphatic carbocycles. The molecule has 2 aromatic rings. The van der Waals surface area contributed by atoms with Gasteiger partial charge < -0.3 is 10.6 Å². The predicted molar refractivity (Wildman–Crippen MR) is 77.8 cm³/mol. The Bertz CT molecular complexity index is 628. The predicted octanol–water partition coefficient (Wildman–Crippen LogP) is 3.97. The van der Waals surface area contributed by atoms with Crippen LogP contribution in [-0.2, 0) is 0 Å². The summed E-state index contributed by atoms with van der Waals surface area (Å²) in [6.07, 6.45) is -3.44. The molecule has 0 unspecified atom stereocenters. The van der Waals surface area contributed by atoms with Gasteiger partial charge in [-0.3, -0.25) is 4.98 Å². The van der Waals surface area contributed by atoms with Crippen LogP contribution in [0.4, 0.5) is 24.5 Å². The zero-order chi connectivity index (χ0) is 14.9. The molecule has 0 saturated heterocycles. The lowest BCUT2D eigenvalue weighted by Crippen LogP contribution is -2.24.